The number of aromatic nitrogens is 2. The van der Waals surface area contributed by atoms with Crippen molar-refractivity contribution in [2.75, 3.05) is 6.54 Å². The van der Waals surface area contributed by atoms with Gasteiger partial charge in [0.25, 0.3) is 5.91 Å². The Balaban J connectivity index is 1.72. The Kier molecular flexibility index (Phi) is 4.64. The molecule has 1 fully saturated rings. The van der Waals surface area contributed by atoms with Gasteiger partial charge in [-0.05, 0) is 25.0 Å². The second-order valence-corrected chi connectivity index (χ2v) is 5.73. The van der Waals surface area contributed by atoms with Crippen LogP contribution in [0.15, 0.2) is 21.1 Å². The zero-order chi connectivity index (χ0) is 17.1. The molecule has 1 N–H and O–H groups in total. The quantitative estimate of drug-likeness (QED) is 0.896. The van der Waals surface area contributed by atoms with Gasteiger partial charge in [-0.1, -0.05) is 12.1 Å². The first kappa shape index (κ1) is 16.2. The Morgan fingerprint density at radius 3 is 2.96 bits per heavy atom. The molecule has 3 heterocycles. The van der Waals surface area contributed by atoms with Gasteiger partial charge in [-0.15, -0.1) is 0 Å². The van der Waals surface area contributed by atoms with Gasteiger partial charge in [0, 0.05) is 19.9 Å². The standard InChI is InChI=1S/C16H20N4O4/c1-3-14-18-15(19-24-14)12-5-4-8-20(12)16(22)13-7-6-11(23-13)9-17-10(2)21/h6-7,12H,3-5,8-9H2,1-2H3,(H,17,21). The summed E-state index contributed by atoms with van der Waals surface area (Å²) in [6.45, 7) is 4.26. The van der Waals surface area contributed by atoms with Crippen molar-refractivity contribution in [1.82, 2.24) is 20.4 Å². The van der Waals surface area contributed by atoms with Gasteiger partial charge >= 0.3 is 0 Å². The minimum Gasteiger partial charge on any atom is -0.454 e. The molecule has 0 aromatic carbocycles. The predicted molar refractivity (Wildman–Crippen MR) is 82.9 cm³/mol. The highest BCUT2D eigenvalue weighted by molar-refractivity contribution is 5.92. The first-order valence-electron chi connectivity index (χ1n) is 8.05. The number of nitrogens with zero attached hydrogens (tertiary/aromatic N) is 3. The van der Waals surface area contributed by atoms with E-state index in [9.17, 15) is 9.59 Å². The number of nitrogens with one attached hydrogen (secondary N) is 1. The number of rotatable bonds is 5. The summed E-state index contributed by atoms with van der Waals surface area (Å²) < 4.78 is 10.7. The zero-order valence-corrected chi connectivity index (χ0v) is 13.7. The van der Waals surface area contributed by atoms with Gasteiger partial charge in [-0.3, -0.25) is 9.59 Å². The van der Waals surface area contributed by atoms with Gasteiger partial charge in [0.1, 0.15) is 5.76 Å². The van der Waals surface area contributed by atoms with Crippen LogP contribution in [0.2, 0.25) is 0 Å². The SMILES string of the molecule is CCc1nc(C2CCCN2C(=O)c2ccc(CNC(C)=O)o2)no1. The van der Waals surface area contributed by atoms with Crippen LogP contribution in [0.1, 0.15) is 60.8 Å². The lowest BCUT2D eigenvalue weighted by atomic mass is 10.2. The van der Waals surface area contributed by atoms with Crippen molar-refractivity contribution in [3.8, 4) is 0 Å². The highest BCUT2D eigenvalue weighted by Crippen LogP contribution is 2.31. The van der Waals surface area contributed by atoms with Gasteiger partial charge in [-0.2, -0.15) is 4.98 Å². The summed E-state index contributed by atoms with van der Waals surface area (Å²) in [7, 11) is 0. The molecule has 8 heteroatoms. The molecule has 2 amide bonds. The van der Waals surface area contributed by atoms with E-state index in [0.29, 0.717) is 30.4 Å². The van der Waals surface area contributed by atoms with Gasteiger partial charge < -0.3 is 19.2 Å². The minimum atomic E-state index is -0.200. The Bertz CT molecular complexity index is 736. The van der Waals surface area contributed by atoms with E-state index in [0.717, 1.165) is 12.8 Å². The average Bonchev–Trinajstić information content (AvgIpc) is 3.30. The molecule has 2 aromatic heterocycles. The molecule has 3 rings (SSSR count). The molecule has 0 radical (unpaired) electrons. The van der Waals surface area contributed by atoms with Crippen molar-refractivity contribution < 1.29 is 18.5 Å². The lowest BCUT2D eigenvalue weighted by molar-refractivity contribution is -0.119. The lowest BCUT2D eigenvalue weighted by Crippen LogP contribution is -2.30. The fourth-order valence-electron chi connectivity index (χ4n) is 2.77. The van der Waals surface area contributed by atoms with Crippen molar-refractivity contribution in [2.45, 2.75) is 45.7 Å². The van der Waals surface area contributed by atoms with Crippen LogP contribution in [0, 0.1) is 0 Å². The maximum absolute atomic E-state index is 12.7. The largest absolute Gasteiger partial charge is 0.454 e. The van der Waals surface area contributed by atoms with Crippen molar-refractivity contribution >= 4 is 11.8 Å². The molecule has 1 unspecified atom stereocenters. The second-order valence-electron chi connectivity index (χ2n) is 5.73. The number of aryl methyl sites for hydroxylation is 1. The van der Waals surface area contributed by atoms with Gasteiger partial charge in [0.15, 0.2) is 11.6 Å². The maximum atomic E-state index is 12.7. The van der Waals surface area contributed by atoms with E-state index in [1.165, 1.54) is 6.92 Å². The van der Waals surface area contributed by atoms with Gasteiger partial charge in [0.05, 0.1) is 12.6 Å². The lowest BCUT2D eigenvalue weighted by Gasteiger charge is -2.20. The topological polar surface area (TPSA) is 101 Å². The van der Waals surface area contributed by atoms with Crippen molar-refractivity contribution in [1.29, 1.82) is 0 Å². The fraction of sp³-hybridized carbons (Fsp3) is 0.500. The van der Waals surface area contributed by atoms with Crippen LogP contribution in [0.3, 0.4) is 0 Å². The highest BCUT2D eigenvalue weighted by Gasteiger charge is 2.35. The summed E-state index contributed by atoms with van der Waals surface area (Å²) in [5.41, 5.74) is 0. The van der Waals surface area contributed by atoms with Crippen molar-refractivity contribution in [2.24, 2.45) is 0 Å². The van der Waals surface area contributed by atoms with E-state index in [-0.39, 0.29) is 30.2 Å². The minimum absolute atomic E-state index is 0.150. The number of hydrogen-bond donors (Lipinski definition) is 1. The van der Waals surface area contributed by atoms with Gasteiger partial charge in [-0.25, -0.2) is 0 Å². The molecule has 1 saturated heterocycles. The van der Waals surface area contributed by atoms with Crippen LogP contribution in [-0.2, 0) is 17.8 Å². The Labute approximate surface area is 139 Å². The van der Waals surface area contributed by atoms with Crippen molar-refractivity contribution in [3.63, 3.8) is 0 Å². The molecule has 0 bridgehead atoms. The summed E-state index contributed by atoms with van der Waals surface area (Å²) >= 11 is 0. The summed E-state index contributed by atoms with van der Waals surface area (Å²) in [5, 5.41) is 6.63. The summed E-state index contributed by atoms with van der Waals surface area (Å²) in [4.78, 5) is 29.7. The summed E-state index contributed by atoms with van der Waals surface area (Å²) in [6, 6.07) is 3.13. The number of furan rings is 1. The van der Waals surface area contributed by atoms with E-state index >= 15 is 0 Å². The van der Waals surface area contributed by atoms with Crippen LogP contribution < -0.4 is 5.32 Å². The maximum Gasteiger partial charge on any atom is 0.290 e. The van der Waals surface area contributed by atoms with Crippen LogP contribution in [0.25, 0.3) is 0 Å². The molecule has 0 saturated carbocycles. The normalized spacial score (nSPS) is 17.2. The molecule has 8 nitrogen and oxygen atoms in total. The van der Waals surface area contributed by atoms with Crippen LogP contribution in [-0.4, -0.2) is 33.4 Å². The third-order valence-electron chi connectivity index (χ3n) is 3.98. The van der Waals surface area contributed by atoms with Crippen LogP contribution in [0.4, 0.5) is 0 Å². The summed E-state index contributed by atoms with van der Waals surface area (Å²) in [6.07, 6.45) is 2.35. The number of amides is 2. The molecule has 0 spiro atoms. The monoisotopic (exact) mass is 332 g/mol. The Hall–Kier alpha value is -2.64. The average molecular weight is 332 g/mol. The first-order valence-corrected chi connectivity index (χ1v) is 8.05. The number of carbonyl (C=O) groups excluding carboxylic acids is 2. The summed E-state index contributed by atoms with van der Waals surface area (Å²) in [5.74, 6) is 1.55. The first-order chi connectivity index (χ1) is 11.6. The van der Waals surface area contributed by atoms with Crippen LogP contribution in [0.5, 0.6) is 0 Å². The van der Waals surface area contributed by atoms with E-state index in [4.69, 9.17) is 8.94 Å². The van der Waals surface area contributed by atoms with Crippen molar-refractivity contribution in [3.05, 3.63) is 35.4 Å². The predicted octanol–water partition coefficient (Wildman–Crippen LogP) is 1.84. The van der Waals surface area contributed by atoms with Crippen LogP contribution >= 0.6 is 0 Å². The third-order valence-corrected chi connectivity index (χ3v) is 3.98. The molecule has 1 atom stereocenters. The third kappa shape index (κ3) is 3.32. The molecule has 1 aliphatic rings. The van der Waals surface area contributed by atoms with E-state index < -0.39 is 0 Å². The Morgan fingerprint density at radius 2 is 2.25 bits per heavy atom. The molecule has 2 aromatic rings. The molecular formula is C16H20N4O4. The zero-order valence-electron chi connectivity index (χ0n) is 13.7. The van der Waals surface area contributed by atoms with E-state index in [2.05, 4.69) is 15.5 Å². The fourth-order valence-corrected chi connectivity index (χ4v) is 2.77. The number of likely N-dealkylation sites (tertiary alicyclic amines) is 1. The molecule has 24 heavy (non-hydrogen) atoms. The molecule has 0 aliphatic carbocycles. The smallest absolute Gasteiger partial charge is 0.290 e. The van der Waals surface area contributed by atoms with Gasteiger partial charge in [0.2, 0.25) is 11.8 Å². The second kappa shape index (κ2) is 6.86. The van der Waals surface area contributed by atoms with E-state index in [1.54, 1.807) is 17.0 Å². The number of carbonyl (C=O) groups is 2. The Morgan fingerprint density at radius 1 is 1.42 bits per heavy atom. The van der Waals surface area contributed by atoms with E-state index in [1.807, 2.05) is 6.92 Å². The highest BCUT2D eigenvalue weighted by atomic mass is 16.5. The molecule has 128 valence electrons. The molecular weight excluding hydrogens is 312 g/mol. The number of hydrogen-bond acceptors (Lipinski definition) is 6. The molecule has 1 aliphatic heterocycles.